The van der Waals surface area contributed by atoms with Gasteiger partial charge in [0.1, 0.15) is 6.54 Å². The molecule has 1 aromatic heterocycles. The molecule has 128 valence electrons. The first kappa shape index (κ1) is 15.8. The van der Waals surface area contributed by atoms with Crippen molar-refractivity contribution < 1.29 is 4.79 Å². The minimum atomic E-state index is -0.266. The molecule has 0 spiro atoms. The summed E-state index contributed by atoms with van der Waals surface area (Å²) in [5, 5.41) is 7.30. The van der Waals surface area contributed by atoms with E-state index < -0.39 is 0 Å². The first-order valence-corrected chi connectivity index (χ1v) is 8.77. The molecule has 3 atom stereocenters. The van der Waals surface area contributed by atoms with E-state index in [9.17, 15) is 9.59 Å². The summed E-state index contributed by atoms with van der Waals surface area (Å²) < 4.78 is 1.23. The lowest BCUT2D eigenvalue weighted by Gasteiger charge is -2.18. The second-order valence-corrected chi connectivity index (χ2v) is 6.92. The van der Waals surface area contributed by atoms with E-state index in [0.717, 1.165) is 12.0 Å². The highest BCUT2D eigenvalue weighted by Gasteiger charge is 2.35. The maximum Gasteiger partial charge on any atom is 0.267 e. The Morgan fingerprint density at radius 2 is 1.96 bits per heavy atom. The third-order valence-corrected chi connectivity index (χ3v) is 5.21. The number of nitrogens with zero attached hydrogens (tertiary/aromatic N) is 2. The zero-order valence-electron chi connectivity index (χ0n) is 14.0. The van der Waals surface area contributed by atoms with Crippen molar-refractivity contribution in [2.75, 3.05) is 6.54 Å². The van der Waals surface area contributed by atoms with E-state index in [1.54, 1.807) is 6.07 Å². The van der Waals surface area contributed by atoms with Crippen molar-refractivity contribution in [1.29, 1.82) is 0 Å². The lowest BCUT2D eigenvalue weighted by Crippen LogP contribution is -2.36. The van der Waals surface area contributed by atoms with Gasteiger partial charge in [-0.05, 0) is 36.7 Å². The van der Waals surface area contributed by atoms with E-state index in [1.807, 2.05) is 30.3 Å². The molecule has 0 unspecified atom stereocenters. The van der Waals surface area contributed by atoms with E-state index in [0.29, 0.717) is 30.0 Å². The Hall–Kier alpha value is -2.69. The van der Waals surface area contributed by atoms with Gasteiger partial charge in [-0.3, -0.25) is 9.59 Å². The quantitative estimate of drug-likeness (QED) is 0.852. The van der Waals surface area contributed by atoms with Crippen LogP contribution in [0.2, 0.25) is 0 Å². The van der Waals surface area contributed by atoms with Crippen LogP contribution < -0.4 is 10.9 Å². The number of aromatic nitrogens is 2. The van der Waals surface area contributed by atoms with Crippen molar-refractivity contribution in [3.63, 3.8) is 0 Å². The molecule has 1 fully saturated rings. The van der Waals surface area contributed by atoms with Gasteiger partial charge in [-0.25, -0.2) is 4.68 Å². The number of nitrogens with one attached hydrogen (secondary N) is 1. The molecule has 0 radical (unpaired) electrons. The molecule has 2 aliphatic rings. The molecule has 2 aromatic rings. The molecule has 1 aromatic carbocycles. The van der Waals surface area contributed by atoms with Gasteiger partial charge in [0, 0.05) is 18.2 Å². The Bertz CT molecular complexity index is 857. The van der Waals surface area contributed by atoms with Crippen LogP contribution in [0.15, 0.2) is 59.4 Å². The molecular weight excluding hydrogens is 314 g/mol. The monoisotopic (exact) mass is 335 g/mol. The first-order chi connectivity index (χ1) is 12.2. The predicted octanol–water partition coefficient (Wildman–Crippen LogP) is 2.24. The van der Waals surface area contributed by atoms with Crippen molar-refractivity contribution >= 4 is 5.91 Å². The fourth-order valence-electron chi connectivity index (χ4n) is 3.89. The number of amides is 1. The van der Waals surface area contributed by atoms with Gasteiger partial charge in [0.05, 0.1) is 5.69 Å². The maximum absolute atomic E-state index is 12.2. The molecule has 1 N–H and O–H groups in total. The molecule has 0 aliphatic heterocycles. The van der Waals surface area contributed by atoms with Gasteiger partial charge in [-0.1, -0.05) is 42.5 Å². The second kappa shape index (κ2) is 6.67. The highest BCUT2D eigenvalue weighted by atomic mass is 16.2. The average Bonchev–Trinajstić information content (AvgIpc) is 3.26. The Kier molecular flexibility index (Phi) is 4.22. The Morgan fingerprint density at radius 3 is 2.68 bits per heavy atom. The first-order valence-electron chi connectivity index (χ1n) is 8.77. The summed E-state index contributed by atoms with van der Waals surface area (Å²) in [6.45, 7) is 0.633. The highest BCUT2D eigenvalue weighted by molar-refractivity contribution is 5.75. The number of hydrogen-bond donors (Lipinski definition) is 1. The van der Waals surface area contributed by atoms with E-state index in [1.165, 1.54) is 17.2 Å². The normalized spacial score (nSPS) is 23.8. The molecule has 1 heterocycles. The molecule has 1 amide bonds. The molecule has 0 saturated heterocycles. The predicted molar refractivity (Wildman–Crippen MR) is 95.8 cm³/mol. The summed E-state index contributed by atoms with van der Waals surface area (Å²) in [5.41, 5.74) is 1.34. The van der Waals surface area contributed by atoms with Gasteiger partial charge in [-0.15, -0.1) is 0 Å². The molecule has 1 saturated carbocycles. The number of carbonyl (C=O) groups excluding carboxylic acids is 1. The summed E-state index contributed by atoms with van der Waals surface area (Å²) in [7, 11) is 0. The van der Waals surface area contributed by atoms with Crippen LogP contribution >= 0.6 is 0 Å². The third-order valence-electron chi connectivity index (χ3n) is 5.21. The Labute approximate surface area is 146 Å². The fourth-order valence-corrected chi connectivity index (χ4v) is 3.89. The molecule has 5 heteroatoms. The highest BCUT2D eigenvalue weighted by Crippen LogP contribution is 2.42. The van der Waals surface area contributed by atoms with E-state index in [2.05, 4.69) is 22.6 Å². The van der Waals surface area contributed by atoms with Crippen LogP contribution in [0, 0.1) is 17.8 Å². The second-order valence-electron chi connectivity index (χ2n) is 6.92. The molecule has 5 nitrogen and oxygen atoms in total. The van der Waals surface area contributed by atoms with Crippen LogP contribution in [-0.4, -0.2) is 22.2 Å². The van der Waals surface area contributed by atoms with Crippen molar-refractivity contribution in [2.45, 2.75) is 19.4 Å². The van der Waals surface area contributed by atoms with Crippen LogP contribution in [0.4, 0.5) is 0 Å². The standard InChI is InChI=1S/C20H21N3O2/c24-19(21-12-17-11-14-6-7-16(17)10-14)13-23-20(25)9-8-18(22-23)15-4-2-1-3-5-15/h1-9,14,16-17H,10-13H2,(H,21,24)/t14-,16+,17-/m1/s1. The summed E-state index contributed by atoms with van der Waals surface area (Å²) in [6, 6.07) is 12.8. The summed E-state index contributed by atoms with van der Waals surface area (Å²) >= 11 is 0. The largest absolute Gasteiger partial charge is 0.354 e. The van der Waals surface area contributed by atoms with Crippen LogP contribution in [0.25, 0.3) is 11.3 Å². The number of carbonyl (C=O) groups is 1. The number of benzene rings is 1. The molecule has 4 rings (SSSR count). The zero-order chi connectivity index (χ0) is 17.2. The fraction of sp³-hybridized carbons (Fsp3) is 0.350. The number of allylic oxidation sites excluding steroid dienone is 2. The van der Waals surface area contributed by atoms with Gasteiger partial charge in [0.25, 0.3) is 5.56 Å². The van der Waals surface area contributed by atoms with Crippen molar-refractivity contribution in [2.24, 2.45) is 17.8 Å². The van der Waals surface area contributed by atoms with Gasteiger partial charge < -0.3 is 5.32 Å². The summed E-state index contributed by atoms with van der Waals surface area (Å²) in [6.07, 6.45) is 6.95. The van der Waals surface area contributed by atoms with E-state index >= 15 is 0 Å². The minimum Gasteiger partial charge on any atom is -0.354 e. The lowest BCUT2D eigenvalue weighted by molar-refractivity contribution is -0.122. The van der Waals surface area contributed by atoms with Crippen molar-refractivity contribution in [3.05, 3.63) is 65.0 Å². The molecule has 2 bridgehead atoms. The SMILES string of the molecule is O=C(Cn1nc(-c2ccccc2)ccc1=O)NC[C@H]1C[C@@H]2C=C[C@H]1C2. The summed E-state index contributed by atoms with van der Waals surface area (Å²) in [4.78, 5) is 24.3. The van der Waals surface area contributed by atoms with Crippen LogP contribution in [0.1, 0.15) is 12.8 Å². The van der Waals surface area contributed by atoms with Crippen LogP contribution in [0.3, 0.4) is 0 Å². The van der Waals surface area contributed by atoms with Gasteiger partial charge in [-0.2, -0.15) is 5.10 Å². The summed E-state index contributed by atoms with van der Waals surface area (Å²) in [5.74, 6) is 1.66. The minimum absolute atomic E-state index is 0.0455. The van der Waals surface area contributed by atoms with Crippen LogP contribution in [0.5, 0.6) is 0 Å². The van der Waals surface area contributed by atoms with Crippen LogP contribution in [-0.2, 0) is 11.3 Å². The number of hydrogen-bond acceptors (Lipinski definition) is 3. The topological polar surface area (TPSA) is 64.0 Å². The molecule has 25 heavy (non-hydrogen) atoms. The third kappa shape index (κ3) is 3.40. The van der Waals surface area contributed by atoms with Crippen molar-refractivity contribution in [1.82, 2.24) is 15.1 Å². The number of rotatable bonds is 5. The zero-order valence-corrected chi connectivity index (χ0v) is 14.0. The Balaban J connectivity index is 1.40. The van der Waals surface area contributed by atoms with Gasteiger partial charge >= 0.3 is 0 Å². The smallest absolute Gasteiger partial charge is 0.267 e. The van der Waals surface area contributed by atoms with Crippen molar-refractivity contribution in [3.8, 4) is 11.3 Å². The Morgan fingerprint density at radius 1 is 1.12 bits per heavy atom. The van der Waals surface area contributed by atoms with E-state index in [4.69, 9.17) is 0 Å². The number of fused-ring (bicyclic) bond motifs is 2. The van der Waals surface area contributed by atoms with Gasteiger partial charge in [0.15, 0.2) is 0 Å². The van der Waals surface area contributed by atoms with E-state index in [-0.39, 0.29) is 18.0 Å². The lowest BCUT2D eigenvalue weighted by atomic mass is 9.94. The maximum atomic E-state index is 12.2. The van der Waals surface area contributed by atoms with Gasteiger partial charge in [0.2, 0.25) is 5.91 Å². The average molecular weight is 335 g/mol. The molecule has 2 aliphatic carbocycles. The molecular formula is C20H21N3O2.